The molecule has 4 heteroatoms. The van der Waals surface area contributed by atoms with Crippen molar-refractivity contribution in [3.8, 4) is 18.1 Å². The molecule has 0 aliphatic rings. The minimum Gasteiger partial charge on any atom is -0.493 e. The summed E-state index contributed by atoms with van der Waals surface area (Å²) in [7, 11) is 0. The van der Waals surface area contributed by atoms with Crippen molar-refractivity contribution in [2.24, 2.45) is 0 Å². The zero-order valence-electron chi connectivity index (χ0n) is 10.5. The van der Waals surface area contributed by atoms with Crippen molar-refractivity contribution in [3.05, 3.63) is 23.8 Å². The lowest BCUT2D eigenvalue weighted by Crippen LogP contribution is -2.26. The summed E-state index contributed by atoms with van der Waals surface area (Å²) in [5.74, 6) is 2.80. The number of carbonyl (C=O) groups excluding carboxylic acids is 1. The first-order chi connectivity index (χ1) is 8.70. The first-order valence-electron chi connectivity index (χ1n) is 5.93. The third-order valence-corrected chi connectivity index (χ3v) is 2.37. The van der Waals surface area contributed by atoms with Crippen LogP contribution in [0, 0.1) is 12.3 Å². The molecular formula is C14H18N2O2. The smallest absolute Gasteiger partial charge is 0.257 e. The summed E-state index contributed by atoms with van der Waals surface area (Å²) in [6.45, 7) is 2.88. The number of hydrogen-bond acceptors (Lipinski definition) is 3. The zero-order chi connectivity index (χ0) is 13.4. The van der Waals surface area contributed by atoms with Gasteiger partial charge in [-0.05, 0) is 25.5 Å². The van der Waals surface area contributed by atoms with E-state index in [1.54, 1.807) is 18.2 Å². The van der Waals surface area contributed by atoms with Crippen LogP contribution in [0.2, 0.25) is 0 Å². The first-order valence-corrected chi connectivity index (χ1v) is 5.93. The number of nitrogen functional groups attached to an aromatic ring is 1. The summed E-state index contributed by atoms with van der Waals surface area (Å²) in [6.07, 6.45) is 6.53. The Morgan fingerprint density at radius 3 is 3.00 bits per heavy atom. The highest BCUT2D eigenvalue weighted by Gasteiger charge is 2.15. The Hall–Kier alpha value is -2.15. The van der Waals surface area contributed by atoms with E-state index in [1.165, 1.54) is 0 Å². The summed E-state index contributed by atoms with van der Waals surface area (Å²) >= 11 is 0. The van der Waals surface area contributed by atoms with Gasteiger partial charge in [-0.3, -0.25) is 4.79 Å². The second-order valence-corrected chi connectivity index (χ2v) is 3.72. The van der Waals surface area contributed by atoms with Crippen LogP contribution in [0.4, 0.5) is 5.69 Å². The molecule has 1 aromatic carbocycles. The van der Waals surface area contributed by atoms with Crippen LogP contribution in [-0.4, -0.2) is 19.1 Å². The minimum atomic E-state index is -0.228. The van der Waals surface area contributed by atoms with E-state index in [0.717, 1.165) is 6.42 Å². The van der Waals surface area contributed by atoms with Crippen LogP contribution in [0.1, 0.15) is 30.1 Å². The molecule has 1 aromatic rings. The fourth-order valence-electron chi connectivity index (χ4n) is 1.55. The summed E-state index contributed by atoms with van der Waals surface area (Å²) in [5, 5.41) is 2.78. The van der Waals surface area contributed by atoms with Gasteiger partial charge in [0.05, 0.1) is 6.61 Å². The van der Waals surface area contributed by atoms with E-state index < -0.39 is 0 Å². The second kappa shape index (κ2) is 7.23. The van der Waals surface area contributed by atoms with E-state index in [-0.39, 0.29) is 5.91 Å². The van der Waals surface area contributed by atoms with Gasteiger partial charge in [-0.15, -0.1) is 12.3 Å². The number of rotatable bonds is 6. The highest BCUT2D eigenvalue weighted by molar-refractivity contribution is 6.01. The molecule has 0 aliphatic heterocycles. The van der Waals surface area contributed by atoms with E-state index in [0.29, 0.717) is 36.6 Å². The van der Waals surface area contributed by atoms with Gasteiger partial charge in [0.1, 0.15) is 11.3 Å². The maximum Gasteiger partial charge on any atom is 0.257 e. The van der Waals surface area contributed by atoms with E-state index in [1.807, 2.05) is 6.92 Å². The molecule has 0 atom stereocenters. The zero-order valence-corrected chi connectivity index (χ0v) is 10.5. The predicted molar refractivity (Wildman–Crippen MR) is 72.4 cm³/mol. The molecule has 0 radical (unpaired) electrons. The Morgan fingerprint density at radius 2 is 2.33 bits per heavy atom. The molecule has 1 rings (SSSR count). The van der Waals surface area contributed by atoms with Crippen LogP contribution in [-0.2, 0) is 0 Å². The molecule has 0 saturated carbocycles. The molecule has 0 aliphatic carbocycles. The number of terminal acetylenes is 1. The van der Waals surface area contributed by atoms with E-state index >= 15 is 0 Å². The molecule has 96 valence electrons. The summed E-state index contributed by atoms with van der Waals surface area (Å²) in [5.41, 5.74) is 6.61. The fourth-order valence-corrected chi connectivity index (χ4v) is 1.55. The molecule has 0 aromatic heterocycles. The number of amides is 1. The molecule has 0 saturated heterocycles. The van der Waals surface area contributed by atoms with Gasteiger partial charge in [0.25, 0.3) is 5.91 Å². The van der Waals surface area contributed by atoms with Crippen molar-refractivity contribution in [1.82, 2.24) is 5.32 Å². The molecule has 3 N–H and O–H groups in total. The number of ether oxygens (including phenoxy) is 1. The molecule has 18 heavy (non-hydrogen) atoms. The van der Waals surface area contributed by atoms with Crippen molar-refractivity contribution in [2.45, 2.75) is 19.8 Å². The Morgan fingerprint density at radius 1 is 1.56 bits per heavy atom. The average molecular weight is 246 g/mol. The normalized spacial score (nSPS) is 9.56. The van der Waals surface area contributed by atoms with Gasteiger partial charge in [0.2, 0.25) is 0 Å². The van der Waals surface area contributed by atoms with E-state index in [9.17, 15) is 4.79 Å². The number of hydrogen-bond donors (Lipinski definition) is 2. The maximum atomic E-state index is 12.0. The number of benzene rings is 1. The lowest BCUT2D eigenvalue weighted by molar-refractivity contribution is 0.0950. The van der Waals surface area contributed by atoms with Crippen LogP contribution in [0.3, 0.4) is 0 Å². The quantitative estimate of drug-likeness (QED) is 0.457. The number of anilines is 1. The molecule has 0 unspecified atom stereocenters. The van der Waals surface area contributed by atoms with Crippen LogP contribution < -0.4 is 15.8 Å². The number of unbranched alkanes of at least 4 members (excludes halogenated alkanes) is 1. The van der Waals surface area contributed by atoms with Gasteiger partial charge in [-0.25, -0.2) is 0 Å². The number of carbonyl (C=O) groups is 1. The summed E-state index contributed by atoms with van der Waals surface area (Å²) in [6, 6.07) is 5.17. The largest absolute Gasteiger partial charge is 0.493 e. The van der Waals surface area contributed by atoms with Gasteiger partial charge >= 0.3 is 0 Å². The predicted octanol–water partition coefficient (Wildman–Crippen LogP) is 1.81. The van der Waals surface area contributed by atoms with Crippen LogP contribution in [0.25, 0.3) is 0 Å². The van der Waals surface area contributed by atoms with Crippen molar-refractivity contribution < 1.29 is 9.53 Å². The molecule has 1 amide bonds. The number of nitrogens with one attached hydrogen (secondary N) is 1. The maximum absolute atomic E-state index is 12.0. The third kappa shape index (κ3) is 3.70. The monoisotopic (exact) mass is 246 g/mol. The van der Waals surface area contributed by atoms with Gasteiger partial charge < -0.3 is 15.8 Å². The highest BCUT2D eigenvalue weighted by Crippen LogP contribution is 2.24. The Kier molecular flexibility index (Phi) is 5.59. The van der Waals surface area contributed by atoms with Gasteiger partial charge in [-0.1, -0.05) is 6.07 Å². The topological polar surface area (TPSA) is 64.4 Å². The average Bonchev–Trinajstić information content (AvgIpc) is 2.35. The highest BCUT2D eigenvalue weighted by atomic mass is 16.5. The van der Waals surface area contributed by atoms with Crippen molar-refractivity contribution in [3.63, 3.8) is 0 Å². The molecule has 0 spiro atoms. The lowest BCUT2D eigenvalue weighted by atomic mass is 10.1. The Bertz CT molecular complexity index is 450. The molecule has 0 bridgehead atoms. The van der Waals surface area contributed by atoms with Gasteiger partial charge in [-0.2, -0.15) is 0 Å². The third-order valence-electron chi connectivity index (χ3n) is 2.37. The standard InChI is InChI=1S/C14H18N2O2/c1-3-5-6-10-16-14(17)13-11(15)8-7-9-12(13)18-4-2/h1,7-9H,4-6,10,15H2,2H3,(H,16,17). The molecule has 0 fully saturated rings. The second-order valence-electron chi connectivity index (χ2n) is 3.72. The van der Waals surface area contributed by atoms with Gasteiger partial charge in [0.15, 0.2) is 0 Å². The van der Waals surface area contributed by atoms with Crippen molar-refractivity contribution >= 4 is 11.6 Å². The lowest BCUT2D eigenvalue weighted by Gasteiger charge is -2.12. The van der Waals surface area contributed by atoms with Crippen LogP contribution in [0.15, 0.2) is 18.2 Å². The van der Waals surface area contributed by atoms with Gasteiger partial charge in [0, 0.05) is 18.7 Å². The minimum absolute atomic E-state index is 0.228. The summed E-state index contributed by atoms with van der Waals surface area (Å²) < 4.78 is 5.39. The fraction of sp³-hybridized carbons (Fsp3) is 0.357. The first kappa shape index (κ1) is 13.9. The Labute approximate surface area is 108 Å². The van der Waals surface area contributed by atoms with Crippen molar-refractivity contribution in [1.29, 1.82) is 0 Å². The summed E-state index contributed by atoms with van der Waals surface area (Å²) in [4.78, 5) is 12.0. The van der Waals surface area contributed by atoms with Crippen LogP contribution in [0.5, 0.6) is 5.75 Å². The molecular weight excluding hydrogens is 228 g/mol. The molecule has 0 heterocycles. The van der Waals surface area contributed by atoms with Crippen molar-refractivity contribution in [2.75, 3.05) is 18.9 Å². The van der Waals surface area contributed by atoms with E-state index in [2.05, 4.69) is 11.2 Å². The number of nitrogens with two attached hydrogens (primary N) is 1. The van der Waals surface area contributed by atoms with E-state index in [4.69, 9.17) is 16.9 Å². The molecule has 4 nitrogen and oxygen atoms in total. The Balaban J connectivity index is 2.74. The SMILES string of the molecule is C#CCCCNC(=O)c1c(N)cccc1OCC. The van der Waals surface area contributed by atoms with Crippen LogP contribution >= 0.6 is 0 Å².